The van der Waals surface area contributed by atoms with E-state index >= 15 is 0 Å². The van der Waals surface area contributed by atoms with Gasteiger partial charge in [-0.1, -0.05) is 0 Å². The molecule has 0 unspecified atom stereocenters. The number of carbonyl (C=O) groups excluding carboxylic acids is 1. The lowest BCUT2D eigenvalue weighted by Crippen LogP contribution is -2.05. The van der Waals surface area contributed by atoms with E-state index in [0.717, 1.165) is 0 Å². The highest BCUT2D eigenvalue weighted by atomic mass is 16.5. The number of methoxy groups -OCH3 is 1. The predicted octanol–water partition coefficient (Wildman–Crippen LogP) is 0.546. The molecule has 1 aromatic heterocycles. The summed E-state index contributed by atoms with van der Waals surface area (Å²) >= 11 is 0. The van der Waals surface area contributed by atoms with Crippen LogP contribution in [0.4, 0.5) is 5.82 Å². The van der Waals surface area contributed by atoms with Crippen molar-refractivity contribution in [2.24, 2.45) is 0 Å². The van der Waals surface area contributed by atoms with Crippen LogP contribution in [0, 0.1) is 6.92 Å². The van der Waals surface area contributed by atoms with Crippen LogP contribution in [0.3, 0.4) is 0 Å². The van der Waals surface area contributed by atoms with Crippen molar-refractivity contribution in [3.05, 3.63) is 11.3 Å². The van der Waals surface area contributed by atoms with Gasteiger partial charge in [0.05, 0.1) is 7.11 Å². The van der Waals surface area contributed by atoms with E-state index in [1.165, 1.54) is 7.11 Å². The minimum Gasteiger partial charge on any atom is -0.465 e. The van der Waals surface area contributed by atoms with E-state index in [4.69, 9.17) is 0 Å². The Kier molecular flexibility index (Phi) is 2.32. The highest BCUT2D eigenvalue weighted by Crippen LogP contribution is 2.15. The van der Waals surface area contributed by atoms with Gasteiger partial charge in [-0.05, 0) is 6.92 Å². The zero-order chi connectivity index (χ0) is 9.14. The topological polar surface area (TPSA) is 67.0 Å². The van der Waals surface area contributed by atoms with E-state index in [-0.39, 0.29) is 5.97 Å². The highest BCUT2D eigenvalue weighted by molar-refractivity contribution is 5.95. The Morgan fingerprint density at radius 3 is 2.83 bits per heavy atom. The SMILES string of the molecule is CNc1n[nH]c(C)c1C(=O)OC. The van der Waals surface area contributed by atoms with Crippen molar-refractivity contribution in [2.75, 3.05) is 19.5 Å². The van der Waals surface area contributed by atoms with Gasteiger partial charge in [-0.3, -0.25) is 5.10 Å². The Balaban J connectivity index is 3.10. The molecule has 0 saturated heterocycles. The summed E-state index contributed by atoms with van der Waals surface area (Å²) < 4.78 is 4.58. The molecule has 0 atom stereocenters. The van der Waals surface area contributed by atoms with E-state index in [1.807, 2.05) is 0 Å². The second-order valence-electron chi connectivity index (χ2n) is 2.31. The number of hydrogen-bond donors (Lipinski definition) is 2. The third-order valence-electron chi connectivity index (χ3n) is 1.57. The van der Waals surface area contributed by atoms with Gasteiger partial charge in [0.2, 0.25) is 0 Å². The first kappa shape index (κ1) is 8.58. The Bertz CT molecular complexity index is 293. The number of esters is 1. The monoisotopic (exact) mass is 169 g/mol. The molecule has 5 nitrogen and oxygen atoms in total. The quantitative estimate of drug-likeness (QED) is 0.634. The standard InChI is InChI=1S/C7H11N3O2/c1-4-5(7(11)12-3)6(8-2)10-9-4/h1-3H3,(H2,8,9,10). The van der Waals surface area contributed by atoms with E-state index < -0.39 is 0 Å². The number of hydrogen-bond acceptors (Lipinski definition) is 4. The molecule has 0 radical (unpaired) electrons. The Morgan fingerprint density at radius 2 is 2.33 bits per heavy atom. The molecule has 2 N–H and O–H groups in total. The lowest BCUT2D eigenvalue weighted by Gasteiger charge is -1.99. The number of carbonyl (C=O) groups is 1. The van der Waals surface area contributed by atoms with Crippen LogP contribution in [0.2, 0.25) is 0 Å². The molecule has 0 aromatic carbocycles. The maximum Gasteiger partial charge on any atom is 0.343 e. The molecule has 1 heterocycles. The largest absolute Gasteiger partial charge is 0.465 e. The summed E-state index contributed by atoms with van der Waals surface area (Å²) in [4.78, 5) is 11.2. The Labute approximate surface area is 70.1 Å². The number of H-pyrrole nitrogens is 1. The third kappa shape index (κ3) is 1.25. The molecule has 0 saturated carbocycles. The summed E-state index contributed by atoms with van der Waals surface area (Å²) in [5, 5.41) is 9.34. The summed E-state index contributed by atoms with van der Waals surface area (Å²) in [6.45, 7) is 1.76. The maximum absolute atomic E-state index is 11.2. The molecular formula is C7H11N3O2. The molecule has 0 spiro atoms. The van der Waals surface area contributed by atoms with Crippen molar-refractivity contribution in [1.29, 1.82) is 0 Å². The molecule has 1 rings (SSSR count). The Hall–Kier alpha value is -1.52. The maximum atomic E-state index is 11.2. The molecule has 66 valence electrons. The molecule has 0 amide bonds. The van der Waals surface area contributed by atoms with Crippen LogP contribution in [-0.2, 0) is 4.74 Å². The molecule has 0 bridgehead atoms. The highest BCUT2D eigenvalue weighted by Gasteiger charge is 2.16. The van der Waals surface area contributed by atoms with Crippen LogP contribution in [0.5, 0.6) is 0 Å². The number of aryl methyl sites for hydroxylation is 1. The third-order valence-corrected chi connectivity index (χ3v) is 1.57. The number of rotatable bonds is 2. The smallest absolute Gasteiger partial charge is 0.343 e. The molecule has 5 heteroatoms. The number of nitrogens with zero attached hydrogens (tertiary/aromatic N) is 1. The van der Waals surface area contributed by atoms with E-state index in [0.29, 0.717) is 17.1 Å². The minimum absolute atomic E-state index is 0.384. The van der Waals surface area contributed by atoms with Gasteiger partial charge in [0.15, 0.2) is 5.82 Å². The summed E-state index contributed by atoms with van der Waals surface area (Å²) in [7, 11) is 3.04. The number of anilines is 1. The summed E-state index contributed by atoms with van der Waals surface area (Å²) in [5.41, 5.74) is 1.16. The first-order chi connectivity index (χ1) is 5.70. The summed E-state index contributed by atoms with van der Waals surface area (Å²) in [6, 6.07) is 0. The van der Waals surface area contributed by atoms with Crippen LogP contribution in [0.25, 0.3) is 0 Å². The van der Waals surface area contributed by atoms with Crippen molar-refractivity contribution >= 4 is 11.8 Å². The van der Waals surface area contributed by atoms with Crippen LogP contribution < -0.4 is 5.32 Å². The van der Waals surface area contributed by atoms with Crippen molar-refractivity contribution < 1.29 is 9.53 Å². The molecule has 12 heavy (non-hydrogen) atoms. The zero-order valence-corrected chi connectivity index (χ0v) is 7.26. The first-order valence-corrected chi connectivity index (χ1v) is 3.51. The van der Waals surface area contributed by atoms with Gasteiger partial charge in [-0.25, -0.2) is 4.79 Å². The number of nitrogens with one attached hydrogen (secondary N) is 2. The predicted molar refractivity (Wildman–Crippen MR) is 44.2 cm³/mol. The number of ether oxygens (including phenoxy) is 1. The minimum atomic E-state index is -0.384. The normalized spacial score (nSPS) is 9.58. The second-order valence-corrected chi connectivity index (χ2v) is 2.31. The van der Waals surface area contributed by atoms with Gasteiger partial charge >= 0.3 is 5.97 Å². The number of aromatic nitrogens is 2. The van der Waals surface area contributed by atoms with Crippen molar-refractivity contribution in [1.82, 2.24) is 10.2 Å². The fraction of sp³-hybridized carbons (Fsp3) is 0.429. The zero-order valence-electron chi connectivity index (χ0n) is 7.26. The molecule has 0 aliphatic rings. The fourth-order valence-electron chi connectivity index (χ4n) is 0.962. The van der Waals surface area contributed by atoms with Crippen LogP contribution in [-0.4, -0.2) is 30.3 Å². The molecule has 0 aliphatic heterocycles. The molecular weight excluding hydrogens is 158 g/mol. The average molecular weight is 169 g/mol. The van der Waals surface area contributed by atoms with Gasteiger partial charge in [-0.15, -0.1) is 0 Å². The van der Waals surface area contributed by atoms with E-state index in [1.54, 1.807) is 14.0 Å². The summed E-state index contributed by atoms with van der Waals surface area (Å²) in [5.74, 6) is 0.130. The van der Waals surface area contributed by atoms with Crippen LogP contribution in [0.1, 0.15) is 16.1 Å². The Morgan fingerprint density at radius 1 is 1.67 bits per heavy atom. The molecule has 0 aliphatic carbocycles. The van der Waals surface area contributed by atoms with E-state index in [9.17, 15) is 4.79 Å². The van der Waals surface area contributed by atoms with Gasteiger partial charge in [0.1, 0.15) is 5.56 Å². The summed E-state index contributed by atoms with van der Waals surface area (Å²) in [6.07, 6.45) is 0. The van der Waals surface area contributed by atoms with Crippen molar-refractivity contribution in [3.63, 3.8) is 0 Å². The van der Waals surface area contributed by atoms with Gasteiger partial charge in [-0.2, -0.15) is 5.10 Å². The molecule has 0 fully saturated rings. The first-order valence-electron chi connectivity index (χ1n) is 3.51. The van der Waals surface area contributed by atoms with Crippen LogP contribution >= 0.6 is 0 Å². The molecule has 1 aromatic rings. The van der Waals surface area contributed by atoms with Gasteiger partial charge < -0.3 is 10.1 Å². The van der Waals surface area contributed by atoms with Crippen molar-refractivity contribution in [2.45, 2.75) is 6.92 Å². The van der Waals surface area contributed by atoms with Crippen LogP contribution in [0.15, 0.2) is 0 Å². The number of aromatic amines is 1. The van der Waals surface area contributed by atoms with E-state index in [2.05, 4.69) is 20.3 Å². The average Bonchev–Trinajstić information content (AvgIpc) is 2.45. The van der Waals surface area contributed by atoms with Crippen molar-refractivity contribution in [3.8, 4) is 0 Å². The second kappa shape index (κ2) is 3.25. The lowest BCUT2D eigenvalue weighted by molar-refractivity contribution is 0.0601. The fourth-order valence-corrected chi connectivity index (χ4v) is 0.962. The van der Waals surface area contributed by atoms with Gasteiger partial charge in [0.25, 0.3) is 0 Å². The lowest BCUT2D eigenvalue weighted by atomic mass is 10.2. The van der Waals surface area contributed by atoms with Gasteiger partial charge in [0, 0.05) is 12.7 Å².